The van der Waals surface area contributed by atoms with Crippen molar-refractivity contribution >= 4 is 11.6 Å². The van der Waals surface area contributed by atoms with Gasteiger partial charge >= 0.3 is 0 Å². The van der Waals surface area contributed by atoms with E-state index in [2.05, 4.69) is 42.0 Å². The van der Waals surface area contributed by atoms with Crippen molar-refractivity contribution in [3.05, 3.63) is 30.2 Å². The van der Waals surface area contributed by atoms with Gasteiger partial charge in [0, 0.05) is 45.3 Å². The molecule has 1 aliphatic rings. The summed E-state index contributed by atoms with van der Waals surface area (Å²) >= 11 is 0. The van der Waals surface area contributed by atoms with Crippen LogP contribution in [0.5, 0.6) is 0 Å². The van der Waals surface area contributed by atoms with E-state index in [1.165, 1.54) is 38.9 Å². The summed E-state index contributed by atoms with van der Waals surface area (Å²) in [6.45, 7) is 6.70. The predicted octanol–water partition coefficient (Wildman–Crippen LogP) is 1.70. The van der Waals surface area contributed by atoms with Crippen molar-refractivity contribution < 1.29 is 0 Å². The Labute approximate surface area is 155 Å². The quantitative estimate of drug-likeness (QED) is 0.448. The lowest BCUT2D eigenvalue weighted by Crippen LogP contribution is -2.48. The van der Waals surface area contributed by atoms with Crippen LogP contribution in [-0.4, -0.2) is 64.7 Å². The van der Waals surface area contributed by atoms with Gasteiger partial charge in [-0.2, -0.15) is 0 Å². The zero-order valence-electron chi connectivity index (χ0n) is 16.0. The molecule has 0 aliphatic carbocycles. The number of aromatic nitrogens is 3. The highest BCUT2D eigenvalue weighted by atomic mass is 15.2. The highest BCUT2D eigenvalue weighted by Gasteiger charge is 2.19. The molecular weight excluding hydrogens is 326 g/mol. The van der Waals surface area contributed by atoms with Crippen molar-refractivity contribution in [2.45, 2.75) is 45.1 Å². The van der Waals surface area contributed by atoms with Crippen molar-refractivity contribution in [2.75, 3.05) is 33.2 Å². The monoisotopic (exact) mass is 357 g/mol. The van der Waals surface area contributed by atoms with Crippen LogP contribution in [0.2, 0.25) is 0 Å². The van der Waals surface area contributed by atoms with Crippen LogP contribution in [-0.2, 0) is 6.42 Å². The fourth-order valence-electron chi connectivity index (χ4n) is 3.52. The van der Waals surface area contributed by atoms with Gasteiger partial charge in [0.1, 0.15) is 5.82 Å². The normalized spacial score (nSPS) is 16.9. The number of guanidine groups is 1. The van der Waals surface area contributed by atoms with Gasteiger partial charge in [-0.15, -0.1) is 10.2 Å². The maximum atomic E-state index is 4.37. The largest absolute Gasteiger partial charge is 0.356 e. The van der Waals surface area contributed by atoms with E-state index in [-0.39, 0.29) is 0 Å². The second-order valence-corrected chi connectivity index (χ2v) is 6.91. The van der Waals surface area contributed by atoms with Crippen LogP contribution in [0.1, 0.15) is 38.4 Å². The Morgan fingerprint density at radius 3 is 2.88 bits per heavy atom. The molecule has 7 heteroatoms. The van der Waals surface area contributed by atoms with E-state index in [1.807, 2.05) is 31.4 Å². The predicted molar refractivity (Wildman–Crippen MR) is 106 cm³/mol. The van der Waals surface area contributed by atoms with Crippen molar-refractivity contribution in [2.24, 2.45) is 4.99 Å². The molecule has 0 spiro atoms. The smallest absolute Gasteiger partial charge is 0.191 e. The summed E-state index contributed by atoms with van der Waals surface area (Å²) in [5, 5.41) is 15.5. The third-order valence-electron chi connectivity index (χ3n) is 4.95. The molecule has 26 heavy (non-hydrogen) atoms. The standard InChI is InChI=1S/C19H31N7/c1-3-12-25-14-9-16(10-15-25)22-19(20-2)21-11-6-8-18-24-23-17-7-4-5-13-26(17)18/h4-5,7,13,16H,3,6,8-12,14-15H2,1-2H3,(H2,20,21,22). The summed E-state index contributed by atoms with van der Waals surface area (Å²) in [7, 11) is 1.84. The summed E-state index contributed by atoms with van der Waals surface area (Å²) in [5.74, 6) is 1.92. The zero-order chi connectivity index (χ0) is 18.2. The van der Waals surface area contributed by atoms with Crippen molar-refractivity contribution in [3.8, 4) is 0 Å². The van der Waals surface area contributed by atoms with Gasteiger partial charge in [0.2, 0.25) is 0 Å². The van der Waals surface area contributed by atoms with Crippen LogP contribution < -0.4 is 10.6 Å². The molecular formula is C19H31N7. The van der Waals surface area contributed by atoms with Crippen molar-refractivity contribution in [1.29, 1.82) is 0 Å². The molecule has 0 atom stereocenters. The lowest BCUT2D eigenvalue weighted by atomic mass is 10.1. The number of hydrogen-bond acceptors (Lipinski definition) is 4. The number of pyridine rings is 1. The number of hydrogen-bond donors (Lipinski definition) is 2. The summed E-state index contributed by atoms with van der Waals surface area (Å²) in [5.41, 5.74) is 0.905. The summed E-state index contributed by atoms with van der Waals surface area (Å²) < 4.78 is 2.05. The molecule has 2 aromatic rings. The number of piperidine rings is 1. The SMILES string of the molecule is CCCN1CCC(NC(=NC)NCCCc2nnc3ccccn23)CC1. The van der Waals surface area contributed by atoms with Crippen molar-refractivity contribution in [1.82, 2.24) is 30.1 Å². The minimum Gasteiger partial charge on any atom is -0.356 e. The Morgan fingerprint density at radius 2 is 2.12 bits per heavy atom. The number of aliphatic imine (C=N–C) groups is 1. The van der Waals surface area contributed by atoms with Crippen LogP contribution in [0, 0.1) is 0 Å². The van der Waals surface area contributed by atoms with Crippen LogP contribution in [0.15, 0.2) is 29.4 Å². The van der Waals surface area contributed by atoms with E-state index in [1.54, 1.807) is 0 Å². The van der Waals surface area contributed by atoms with E-state index in [4.69, 9.17) is 0 Å². The van der Waals surface area contributed by atoms with Crippen LogP contribution in [0.25, 0.3) is 5.65 Å². The molecule has 3 rings (SSSR count). The second-order valence-electron chi connectivity index (χ2n) is 6.91. The maximum Gasteiger partial charge on any atom is 0.191 e. The number of likely N-dealkylation sites (tertiary alicyclic amines) is 1. The van der Waals surface area contributed by atoms with Crippen LogP contribution >= 0.6 is 0 Å². The van der Waals surface area contributed by atoms with E-state index < -0.39 is 0 Å². The lowest BCUT2D eigenvalue weighted by molar-refractivity contribution is 0.206. The van der Waals surface area contributed by atoms with Gasteiger partial charge in [-0.3, -0.25) is 9.39 Å². The number of aryl methyl sites for hydroxylation is 1. The Morgan fingerprint density at radius 1 is 1.27 bits per heavy atom. The average molecular weight is 358 g/mol. The second kappa shape index (κ2) is 9.52. The van der Waals surface area contributed by atoms with E-state index >= 15 is 0 Å². The summed E-state index contributed by atoms with van der Waals surface area (Å²) in [6, 6.07) is 6.49. The molecule has 142 valence electrons. The Hall–Kier alpha value is -2.15. The maximum absolute atomic E-state index is 4.37. The summed E-state index contributed by atoms with van der Waals surface area (Å²) in [6.07, 6.45) is 7.51. The molecule has 0 saturated carbocycles. The highest BCUT2D eigenvalue weighted by Crippen LogP contribution is 2.10. The van der Waals surface area contributed by atoms with Gasteiger partial charge in [-0.05, 0) is 44.4 Å². The first-order valence-electron chi connectivity index (χ1n) is 9.78. The molecule has 1 saturated heterocycles. The molecule has 0 unspecified atom stereocenters. The van der Waals surface area contributed by atoms with Gasteiger partial charge in [-0.25, -0.2) is 0 Å². The zero-order valence-corrected chi connectivity index (χ0v) is 16.0. The third kappa shape index (κ3) is 4.94. The fourth-order valence-corrected chi connectivity index (χ4v) is 3.52. The number of rotatable bonds is 7. The molecule has 3 heterocycles. The number of fused-ring (bicyclic) bond motifs is 1. The van der Waals surface area contributed by atoms with E-state index in [0.29, 0.717) is 6.04 Å². The number of nitrogens with one attached hydrogen (secondary N) is 2. The molecule has 0 radical (unpaired) electrons. The first-order chi connectivity index (χ1) is 12.8. The molecule has 0 aromatic carbocycles. The average Bonchev–Trinajstić information content (AvgIpc) is 3.09. The molecule has 0 bridgehead atoms. The van der Waals surface area contributed by atoms with E-state index in [9.17, 15) is 0 Å². The minimum absolute atomic E-state index is 0.523. The molecule has 1 aliphatic heterocycles. The first-order valence-corrected chi connectivity index (χ1v) is 9.78. The lowest BCUT2D eigenvalue weighted by Gasteiger charge is -2.32. The third-order valence-corrected chi connectivity index (χ3v) is 4.95. The molecule has 0 amide bonds. The Balaban J connectivity index is 1.38. The van der Waals surface area contributed by atoms with E-state index in [0.717, 1.165) is 36.8 Å². The Bertz CT molecular complexity index is 701. The minimum atomic E-state index is 0.523. The van der Waals surface area contributed by atoms with Gasteiger partial charge < -0.3 is 15.5 Å². The molecule has 2 aromatic heterocycles. The highest BCUT2D eigenvalue weighted by molar-refractivity contribution is 5.79. The van der Waals surface area contributed by atoms with Gasteiger partial charge in [0.25, 0.3) is 0 Å². The van der Waals surface area contributed by atoms with Gasteiger partial charge in [-0.1, -0.05) is 13.0 Å². The van der Waals surface area contributed by atoms with Gasteiger partial charge in [0.05, 0.1) is 0 Å². The van der Waals surface area contributed by atoms with Crippen LogP contribution in [0.4, 0.5) is 0 Å². The fraction of sp³-hybridized carbons (Fsp3) is 0.632. The Kier molecular flexibility index (Phi) is 6.82. The van der Waals surface area contributed by atoms with Crippen LogP contribution in [0.3, 0.4) is 0 Å². The molecule has 1 fully saturated rings. The van der Waals surface area contributed by atoms with Gasteiger partial charge in [0.15, 0.2) is 11.6 Å². The molecule has 7 nitrogen and oxygen atoms in total. The van der Waals surface area contributed by atoms with Crippen molar-refractivity contribution in [3.63, 3.8) is 0 Å². The molecule has 2 N–H and O–H groups in total. The number of nitrogens with zero attached hydrogens (tertiary/aromatic N) is 5. The first kappa shape index (κ1) is 18.6. The summed E-state index contributed by atoms with van der Waals surface area (Å²) in [4.78, 5) is 6.92. The topological polar surface area (TPSA) is 69.8 Å².